The SMILES string of the molecule is COc1ccc(CCC(=O)[C@@H]2C[C@@H](O)CN2C(=O)[C@@H](NC(=O)COCCCCCCc2ccc(C(=O)NC3C(C)(C)C(Oc4ccc(C#N)c(Cl)c4)C3(C)C)cc2)C(C)(C)C)cc1. The lowest BCUT2D eigenvalue weighted by Gasteiger charge is -2.63. The van der Waals surface area contributed by atoms with Crippen LogP contribution in [-0.4, -0.2) is 90.7 Å². The lowest BCUT2D eigenvalue weighted by Crippen LogP contribution is -2.74. The summed E-state index contributed by atoms with van der Waals surface area (Å²) in [5.74, 6) is 0.266. The van der Waals surface area contributed by atoms with Crippen molar-refractivity contribution in [2.24, 2.45) is 16.2 Å². The van der Waals surface area contributed by atoms with Gasteiger partial charge in [-0.2, -0.15) is 5.26 Å². The molecule has 0 bridgehead atoms. The normalized spacial score (nSPS) is 20.5. The maximum absolute atomic E-state index is 13.9. The average molecular weight is 886 g/mol. The molecule has 13 heteroatoms. The number of methoxy groups -OCH3 is 1. The second kappa shape index (κ2) is 21.1. The summed E-state index contributed by atoms with van der Waals surface area (Å²) >= 11 is 6.24. The van der Waals surface area contributed by atoms with E-state index in [0.29, 0.717) is 34.9 Å². The number of amides is 3. The number of aryl methyl sites for hydroxylation is 2. The zero-order valence-electron chi connectivity index (χ0n) is 38.1. The minimum atomic E-state index is -0.906. The highest BCUT2D eigenvalue weighted by molar-refractivity contribution is 6.31. The Labute approximate surface area is 378 Å². The summed E-state index contributed by atoms with van der Waals surface area (Å²) in [6, 6.07) is 20.5. The van der Waals surface area contributed by atoms with Crippen LogP contribution < -0.4 is 20.1 Å². The molecule has 0 radical (unpaired) electrons. The van der Waals surface area contributed by atoms with Crippen LogP contribution in [0.1, 0.15) is 114 Å². The van der Waals surface area contributed by atoms with Crippen molar-refractivity contribution in [3.8, 4) is 17.6 Å². The Morgan fingerprint density at radius 1 is 0.905 bits per heavy atom. The van der Waals surface area contributed by atoms with Crippen LogP contribution in [-0.2, 0) is 32.0 Å². The number of β-amino-alcohol motifs (C(OH)–C–C–N with tert-alkyl or cyclic N) is 1. The molecule has 0 unspecified atom stereocenters. The number of carbonyl (C=O) groups excluding carboxylic acids is 4. The second-order valence-corrected chi connectivity index (χ2v) is 19.7. The summed E-state index contributed by atoms with van der Waals surface area (Å²) in [5.41, 5.74) is 1.73. The molecule has 12 nitrogen and oxygen atoms in total. The van der Waals surface area contributed by atoms with E-state index in [9.17, 15) is 29.5 Å². The van der Waals surface area contributed by atoms with E-state index >= 15 is 0 Å². The molecule has 63 heavy (non-hydrogen) atoms. The summed E-state index contributed by atoms with van der Waals surface area (Å²) in [6.07, 6.45) is 4.40. The minimum absolute atomic E-state index is 0.0368. The van der Waals surface area contributed by atoms with E-state index in [4.69, 9.17) is 25.8 Å². The Morgan fingerprint density at radius 3 is 2.14 bits per heavy atom. The van der Waals surface area contributed by atoms with Gasteiger partial charge in [0.1, 0.15) is 36.3 Å². The van der Waals surface area contributed by atoms with Crippen LogP contribution in [0.3, 0.4) is 0 Å². The lowest BCUT2D eigenvalue weighted by atomic mass is 9.49. The van der Waals surface area contributed by atoms with E-state index in [-0.39, 0.29) is 66.6 Å². The van der Waals surface area contributed by atoms with Crippen molar-refractivity contribution in [1.82, 2.24) is 15.5 Å². The lowest BCUT2D eigenvalue weighted by molar-refractivity contribution is -0.164. The molecule has 3 amide bonds. The van der Waals surface area contributed by atoms with Gasteiger partial charge in [-0.1, -0.05) is 97.2 Å². The van der Waals surface area contributed by atoms with E-state index in [1.165, 1.54) is 4.90 Å². The first kappa shape index (κ1) is 49.1. The average Bonchev–Trinajstić information content (AvgIpc) is 3.65. The first-order chi connectivity index (χ1) is 29.8. The largest absolute Gasteiger partial charge is 0.497 e. The zero-order chi connectivity index (χ0) is 46.1. The topological polar surface area (TPSA) is 167 Å². The van der Waals surface area contributed by atoms with E-state index in [2.05, 4.69) is 44.4 Å². The number of hydrogen-bond donors (Lipinski definition) is 3. The van der Waals surface area contributed by atoms with Crippen LogP contribution in [0.4, 0.5) is 0 Å². The van der Waals surface area contributed by atoms with E-state index in [1.54, 1.807) is 25.3 Å². The fourth-order valence-corrected chi connectivity index (χ4v) is 9.50. The van der Waals surface area contributed by atoms with Gasteiger partial charge in [0.25, 0.3) is 5.91 Å². The van der Waals surface area contributed by atoms with Crippen molar-refractivity contribution < 1.29 is 38.5 Å². The molecule has 2 aliphatic rings. The van der Waals surface area contributed by atoms with Crippen molar-refractivity contribution in [3.05, 3.63) is 94.0 Å². The third-order valence-electron chi connectivity index (χ3n) is 12.6. The number of nitriles is 1. The van der Waals surface area contributed by atoms with Gasteiger partial charge < -0.3 is 34.9 Å². The summed E-state index contributed by atoms with van der Waals surface area (Å²) in [4.78, 5) is 55.1. The molecule has 1 aliphatic heterocycles. The molecule has 1 saturated heterocycles. The number of unbranched alkanes of at least 4 members (excludes halogenated alkanes) is 3. The maximum atomic E-state index is 13.9. The molecular weight excluding hydrogens is 820 g/mol. The quantitative estimate of drug-likeness (QED) is 0.0967. The number of aliphatic hydroxyl groups excluding tert-OH is 1. The van der Waals surface area contributed by atoms with Gasteiger partial charge in [-0.3, -0.25) is 19.2 Å². The summed E-state index contributed by atoms with van der Waals surface area (Å²) in [6.45, 7) is 14.1. The Kier molecular flexibility index (Phi) is 16.5. The summed E-state index contributed by atoms with van der Waals surface area (Å²) in [5, 5.41) is 26.1. The first-order valence-corrected chi connectivity index (χ1v) is 22.4. The van der Waals surface area contributed by atoms with Crippen LogP contribution in [0, 0.1) is 27.6 Å². The molecule has 3 aromatic rings. The van der Waals surface area contributed by atoms with Crippen LogP contribution in [0.15, 0.2) is 66.7 Å². The molecule has 3 N–H and O–H groups in total. The molecule has 3 aromatic carbocycles. The summed E-state index contributed by atoms with van der Waals surface area (Å²) in [7, 11) is 1.60. The van der Waals surface area contributed by atoms with Gasteiger partial charge in [0, 0.05) is 54.5 Å². The van der Waals surface area contributed by atoms with Crippen molar-refractivity contribution in [2.75, 3.05) is 26.9 Å². The fraction of sp³-hybridized carbons (Fsp3) is 0.540. The number of nitrogens with one attached hydrogen (secondary N) is 2. The molecule has 2 fully saturated rings. The number of benzene rings is 3. The smallest absolute Gasteiger partial charge is 0.251 e. The number of Topliss-reactive ketones (excluding diaryl/α,β-unsaturated/α-hetero) is 1. The van der Waals surface area contributed by atoms with Gasteiger partial charge in [-0.15, -0.1) is 0 Å². The van der Waals surface area contributed by atoms with Gasteiger partial charge in [-0.05, 0) is 78.6 Å². The predicted molar refractivity (Wildman–Crippen MR) is 243 cm³/mol. The van der Waals surface area contributed by atoms with Crippen LogP contribution in [0.25, 0.3) is 0 Å². The van der Waals surface area contributed by atoms with Gasteiger partial charge in [-0.25, -0.2) is 0 Å². The molecular formula is C50H65ClN4O8. The number of nitrogens with zero attached hydrogens (tertiary/aromatic N) is 2. The highest BCUT2D eigenvalue weighted by Gasteiger charge is 2.64. The van der Waals surface area contributed by atoms with Gasteiger partial charge >= 0.3 is 0 Å². The van der Waals surface area contributed by atoms with Crippen molar-refractivity contribution in [3.63, 3.8) is 0 Å². The Morgan fingerprint density at radius 2 is 1.52 bits per heavy atom. The minimum Gasteiger partial charge on any atom is -0.497 e. The van der Waals surface area contributed by atoms with E-state index in [1.807, 2.05) is 69.3 Å². The summed E-state index contributed by atoms with van der Waals surface area (Å²) < 4.78 is 17.3. The molecule has 1 heterocycles. The van der Waals surface area contributed by atoms with Crippen LogP contribution in [0.2, 0.25) is 5.02 Å². The molecule has 5 rings (SSSR count). The molecule has 340 valence electrons. The molecule has 1 aliphatic carbocycles. The number of halogens is 1. The zero-order valence-corrected chi connectivity index (χ0v) is 38.8. The van der Waals surface area contributed by atoms with Crippen molar-refractivity contribution in [1.29, 1.82) is 5.26 Å². The number of ketones is 1. The molecule has 1 saturated carbocycles. The van der Waals surface area contributed by atoms with Crippen molar-refractivity contribution >= 4 is 35.1 Å². The molecule has 3 atom stereocenters. The Hall–Kier alpha value is -4.96. The highest BCUT2D eigenvalue weighted by Crippen LogP contribution is 2.55. The predicted octanol–water partition coefficient (Wildman–Crippen LogP) is 7.65. The number of aliphatic hydroxyl groups is 1. The second-order valence-electron chi connectivity index (χ2n) is 19.3. The number of carbonyl (C=O) groups is 4. The Balaban J connectivity index is 0.990. The van der Waals surface area contributed by atoms with E-state index < -0.39 is 29.5 Å². The number of likely N-dealkylation sites (tertiary alicyclic amines) is 1. The Bertz CT molecular complexity index is 2090. The molecule has 0 aromatic heterocycles. The standard InChI is InChI=1S/C50H65ClN4O8/c1-48(2,3)43(45(60)55-30-36(56)27-40(55)41(57)25-18-33-16-22-37(61-8)23-17-33)53-42(58)31-62-26-12-10-9-11-13-32-14-19-34(20-15-32)44(59)54-46-49(4,5)47(50(46,6)7)63-38-24-21-35(29-52)39(51)28-38/h14-17,19-24,28,36,40,43,46-47,56H,9-13,18,25-27,30-31H2,1-8H3,(H,53,58)(H,54,59)/t36-,40+,43-,46?,47?/m1/s1. The van der Waals surface area contributed by atoms with Crippen LogP contribution >= 0.6 is 11.6 Å². The first-order valence-electron chi connectivity index (χ1n) is 22.0. The molecule has 0 spiro atoms. The van der Waals surface area contributed by atoms with Gasteiger partial charge in [0.15, 0.2) is 5.78 Å². The highest BCUT2D eigenvalue weighted by atomic mass is 35.5. The van der Waals surface area contributed by atoms with Crippen LogP contribution in [0.5, 0.6) is 11.5 Å². The van der Waals surface area contributed by atoms with E-state index in [0.717, 1.165) is 49.0 Å². The monoisotopic (exact) mass is 884 g/mol. The third-order valence-corrected chi connectivity index (χ3v) is 12.9. The number of ether oxygens (including phenoxy) is 3. The fourth-order valence-electron chi connectivity index (χ4n) is 9.29. The third kappa shape index (κ3) is 12.4. The number of rotatable bonds is 20. The maximum Gasteiger partial charge on any atom is 0.251 e. The number of hydrogen-bond acceptors (Lipinski definition) is 9. The van der Waals surface area contributed by atoms with Gasteiger partial charge in [0.05, 0.1) is 29.8 Å². The van der Waals surface area contributed by atoms with Crippen molar-refractivity contribution in [2.45, 2.75) is 130 Å². The van der Waals surface area contributed by atoms with Gasteiger partial charge in [0.2, 0.25) is 11.8 Å².